The number of carbonyl (C=O) groups excluding carboxylic acids is 1. The third-order valence-electron chi connectivity index (χ3n) is 4.97. The first kappa shape index (κ1) is 18.0. The van der Waals surface area contributed by atoms with Crippen LogP contribution in [0.5, 0.6) is 5.75 Å². The van der Waals surface area contributed by atoms with E-state index in [1.165, 1.54) is 5.56 Å². The zero-order valence-corrected chi connectivity index (χ0v) is 14.9. The maximum atomic E-state index is 12.5. The van der Waals surface area contributed by atoms with Gasteiger partial charge in [0.25, 0.3) is 0 Å². The number of hydrogen-bond donors (Lipinski definition) is 1. The second-order valence-corrected chi connectivity index (χ2v) is 6.61. The van der Waals surface area contributed by atoms with Gasteiger partial charge in [0.2, 0.25) is 5.91 Å². The Hall–Kier alpha value is -2.82. The highest BCUT2D eigenvalue weighted by molar-refractivity contribution is 5.87. The molecule has 136 valence electrons. The Labute approximate surface area is 153 Å². The van der Waals surface area contributed by atoms with Gasteiger partial charge >= 0.3 is 5.97 Å². The molecule has 1 saturated heterocycles. The topological polar surface area (TPSA) is 66.8 Å². The minimum atomic E-state index is -0.956. The van der Waals surface area contributed by atoms with Crippen molar-refractivity contribution >= 4 is 11.9 Å². The molecule has 1 amide bonds. The van der Waals surface area contributed by atoms with Crippen LogP contribution in [0.4, 0.5) is 0 Å². The van der Waals surface area contributed by atoms with Gasteiger partial charge in [-0.25, -0.2) is 4.79 Å². The zero-order valence-electron chi connectivity index (χ0n) is 14.9. The van der Waals surface area contributed by atoms with E-state index in [0.29, 0.717) is 12.3 Å². The van der Waals surface area contributed by atoms with Gasteiger partial charge in [-0.3, -0.25) is 4.79 Å². The largest absolute Gasteiger partial charge is 0.497 e. The Morgan fingerprint density at radius 2 is 1.81 bits per heavy atom. The average Bonchev–Trinajstić information content (AvgIpc) is 2.68. The standard InChI is InChI=1S/C21H23NO4/c1-26-19-4-2-3-18(14-19)16-9-11-22(12-10-16)20(23)13-15-5-7-17(8-6-15)21(24)25/h2-8,14,16H,9-13H2,1H3,(H,24,25). The fourth-order valence-electron chi connectivity index (χ4n) is 3.41. The van der Waals surface area contributed by atoms with Crippen molar-refractivity contribution < 1.29 is 19.4 Å². The highest BCUT2D eigenvalue weighted by Crippen LogP contribution is 2.30. The van der Waals surface area contributed by atoms with Crippen LogP contribution in [0.15, 0.2) is 48.5 Å². The van der Waals surface area contributed by atoms with Gasteiger partial charge in [-0.15, -0.1) is 0 Å². The summed E-state index contributed by atoms with van der Waals surface area (Å²) < 4.78 is 5.29. The molecule has 2 aromatic carbocycles. The summed E-state index contributed by atoms with van der Waals surface area (Å²) >= 11 is 0. The molecule has 0 bridgehead atoms. The second-order valence-electron chi connectivity index (χ2n) is 6.61. The van der Waals surface area contributed by atoms with Crippen LogP contribution >= 0.6 is 0 Å². The third-order valence-corrected chi connectivity index (χ3v) is 4.97. The Bertz CT molecular complexity index is 777. The number of benzene rings is 2. The van der Waals surface area contributed by atoms with Crippen LogP contribution in [-0.4, -0.2) is 42.1 Å². The molecule has 3 rings (SSSR count). The fraction of sp³-hybridized carbons (Fsp3) is 0.333. The number of rotatable bonds is 5. The number of carboxylic acids is 1. The summed E-state index contributed by atoms with van der Waals surface area (Å²) in [6, 6.07) is 14.7. The average molecular weight is 353 g/mol. The second kappa shape index (κ2) is 8.04. The van der Waals surface area contributed by atoms with Crippen molar-refractivity contribution in [1.29, 1.82) is 0 Å². The monoisotopic (exact) mass is 353 g/mol. The van der Waals surface area contributed by atoms with Crippen LogP contribution in [0.2, 0.25) is 0 Å². The zero-order chi connectivity index (χ0) is 18.5. The summed E-state index contributed by atoms with van der Waals surface area (Å²) in [5.41, 5.74) is 2.34. The minimum Gasteiger partial charge on any atom is -0.497 e. The van der Waals surface area contributed by atoms with Gasteiger partial charge in [0.15, 0.2) is 0 Å². The summed E-state index contributed by atoms with van der Waals surface area (Å²) in [6.45, 7) is 1.49. The van der Waals surface area contributed by atoms with E-state index in [9.17, 15) is 9.59 Å². The van der Waals surface area contributed by atoms with Gasteiger partial charge in [-0.2, -0.15) is 0 Å². The Kier molecular flexibility index (Phi) is 5.56. The summed E-state index contributed by atoms with van der Waals surface area (Å²) in [4.78, 5) is 25.3. The highest BCUT2D eigenvalue weighted by Gasteiger charge is 2.24. The molecule has 1 aliphatic heterocycles. The number of methoxy groups -OCH3 is 1. The first-order chi connectivity index (χ1) is 12.6. The van der Waals surface area contributed by atoms with Crippen LogP contribution in [0, 0.1) is 0 Å². The number of likely N-dealkylation sites (tertiary alicyclic amines) is 1. The van der Waals surface area contributed by atoms with Gasteiger partial charge in [0.1, 0.15) is 5.75 Å². The molecule has 0 radical (unpaired) electrons. The maximum Gasteiger partial charge on any atom is 0.335 e. The first-order valence-electron chi connectivity index (χ1n) is 8.81. The number of aromatic carboxylic acids is 1. The Balaban J connectivity index is 1.55. The molecule has 0 spiro atoms. The fourth-order valence-corrected chi connectivity index (χ4v) is 3.41. The lowest BCUT2D eigenvalue weighted by Gasteiger charge is -2.32. The van der Waals surface area contributed by atoms with E-state index in [0.717, 1.165) is 37.2 Å². The SMILES string of the molecule is COc1cccc(C2CCN(C(=O)Cc3ccc(C(=O)O)cc3)CC2)c1. The number of amides is 1. The van der Waals surface area contributed by atoms with Crippen molar-refractivity contribution in [1.82, 2.24) is 4.90 Å². The molecule has 1 fully saturated rings. The van der Waals surface area contributed by atoms with Crippen LogP contribution < -0.4 is 4.74 Å². The number of ether oxygens (including phenoxy) is 1. The summed E-state index contributed by atoms with van der Waals surface area (Å²) in [5, 5.41) is 8.93. The summed E-state index contributed by atoms with van der Waals surface area (Å²) in [5.74, 6) is 0.453. The summed E-state index contributed by atoms with van der Waals surface area (Å²) in [6.07, 6.45) is 2.19. The molecule has 0 unspecified atom stereocenters. The Morgan fingerprint density at radius 3 is 2.42 bits per heavy atom. The molecule has 5 nitrogen and oxygen atoms in total. The van der Waals surface area contributed by atoms with Crippen molar-refractivity contribution in [3.8, 4) is 5.75 Å². The number of carbonyl (C=O) groups is 2. The predicted molar refractivity (Wildman–Crippen MR) is 98.7 cm³/mol. The van der Waals surface area contributed by atoms with E-state index in [-0.39, 0.29) is 11.5 Å². The first-order valence-corrected chi connectivity index (χ1v) is 8.81. The lowest BCUT2D eigenvalue weighted by atomic mass is 9.89. The molecule has 0 aliphatic carbocycles. The number of hydrogen-bond acceptors (Lipinski definition) is 3. The minimum absolute atomic E-state index is 0.0946. The molecule has 0 aromatic heterocycles. The molecule has 2 aromatic rings. The van der Waals surface area contributed by atoms with Gasteiger partial charge in [-0.05, 0) is 54.2 Å². The molecule has 26 heavy (non-hydrogen) atoms. The predicted octanol–water partition coefficient (Wildman–Crippen LogP) is 3.34. The normalized spacial score (nSPS) is 14.9. The molecule has 0 saturated carbocycles. The van der Waals surface area contributed by atoms with Gasteiger partial charge in [-0.1, -0.05) is 24.3 Å². The number of nitrogens with zero attached hydrogens (tertiary/aromatic N) is 1. The van der Waals surface area contributed by atoms with Crippen LogP contribution in [0.25, 0.3) is 0 Å². The molecule has 1 heterocycles. The van der Waals surface area contributed by atoms with Crippen LogP contribution in [-0.2, 0) is 11.2 Å². The lowest BCUT2D eigenvalue weighted by molar-refractivity contribution is -0.131. The molecule has 1 N–H and O–H groups in total. The molecular weight excluding hydrogens is 330 g/mol. The highest BCUT2D eigenvalue weighted by atomic mass is 16.5. The van der Waals surface area contributed by atoms with Crippen molar-refractivity contribution in [2.75, 3.05) is 20.2 Å². The van der Waals surface area contributed by atoms with E-state index < -0.39 is 5.97 Å². The van der Waals surface area contributed by atoms with Gasteiger partial charge in [0.05, 0.1) is 19.1 Å². The van der Waals surface area contributed by atoms with E-state index in [4.69, 9.17) is 9.84 Å². The van der Waals surface area contributed by atoms with Gasteiger partial charge < -0.3 is 14.7 Å². The van der Waals surface area contributed by atoms with Crippen molar-refractivity contribution in [2.24, 2.45) is 0 Å². The smallest absolute Gasteiger partial charge is 0.335 e. The maximum absolute atomic E-state index is 12.5. The third kappa shape index (κ3) is 4.23. The van der Waals surface area contributed by atoms with Crippen molar-refractivity contribution in [2.45, 2.75) is 25.2 Å². The molecule has 0 atom stereocenters. The lowest BCUT2D eigenvalue weighted by Crippen LogP contribution is -2.38. The van der Waals surface area contributed by atoms with Crippen molar-refractivity contribution in [3.63, 3.8) is 0 Å². The molecule has 1 aliphatic rings. The van der Waals surface area contributed by atoms with Crippen LogP contribution in [0.1, 0.15) is 40.2 Å². The van der Waals surface area contributed by atoms with Gasteiger partial charge in [0, 0.05) is 13.1 Å². The van der Waals surface area contributed by atoms with E-state index in [1.807, 2.05) is 17.0 Å². The van der Waals surface area contributed by atoms with E-state index >= 15 is 0 Å². The Morgan fingerprint density at radius 1 is 1.12 bits per heavy atom. The molecular formula is C21H23NO4. The summed E-state index contributed by atoms with van der Waals surface area (Å²) in [7, 11) is 1.67. The van der Waals surface area contributed by atoms with Crippen molar-refractivity contribution in [3.05, 3.63) is 65.2 Å². The number of piperidine rings is 1. The number of carboxylic acid groups (broad SMARTS) is 1. The van der Waals surface area contributed by atoms with E-state index in [2.05, 4.69) is 12.1 Å². The van der Waals surface area contributed by atoms with E-state index in [1.54, 1.807) is 31.4 Å². The molecule has 5 heteroatoms. The quantitative estimate of drug-likeness (QED) is 0.895. The van der Waals surface area contributed by atoms with Crippen LogP contribution in [0.3, 0.4) is 0 Å².